The van der Waals surface area contributed by atoms with Crippen LogP contribution in [0.15, 0.2) is 18.2 Å². The molecule has 1 aromatic rings. The van der Waals surface area contributed by atoms with Crippen LogP contribution in [0.2, 0.25) is 0 Å². The molecule has 0 saturated carbocycles. The molecule has 1 fully saturated rings. The van der Waals surface area contributed by atoms with E-state index in [0.29, 0.717) is 17.9 Å². The molecule has 1 saturated heterocycles. The number of benzene rings is 1. The molecule has 1 aromatic carbocycles. The summed E-state index contributed by atoms with van der Waals surface area (Å²) >= 11 is 0. The van der Waals surface area contributed by atoms with Gasteiger partial charge in [0.1, 0.15) is 11.8 Å². The van der Waals surface area contributed by atoms with Crippen LogP contribution >= 0.6 is 0 Å². The molecule has 1 unspecified atom stereocenters. The lowest BCUT2D eigenvalue weighted by atomic mass is 10.1. The third-order valence-electron chi connectivity index (χ3n) is 3.25. The number of ether oxygens (including phenoxy) is 1. The molecule has 0 N–H and O–H groups in total. The normalized spacial score (nSPS) is 18.5. The third-order valence-corrected chi connectivity index (χ3v) is 3.25. The Morgan fingerprint density at radius 2 is 2.33 bits per heavy atom. The first-order valence-electron chi connectivity index (χ1n) is 6.02. The summed E-state index contributed by atoms with van der Waals surface area (Å²) in [6.07, 6.45) is 1.65. The lowest BCUT2D eigenvalue weighted by Crippen LogP contribution is -2.34. The van der Waals surface area contributed by atoms with Crippen molar-refractivity contribution in [2.75, 3.05) is 13.7 Å². The SMILES string of the molecule is COc1ccc(C)cc1C(=O)N1CCCC1C#N. The lowest BCUT2D eigenvalue weighted by molar-refractivity contribution is 0.0761. The molecule has 4 heteroatoms. The van der Waals surface area contributed by atoms with Gasteiger partial charge in [-0.15, -0.1) is 0 Å². The molecule has 4 nitrogen and oxygen atoms in total. The van der Waals surface area contributed by atoms with E-state index in [0.717, 1.165) is 18.4 Å². The molecule has 0 aliphatic carbocycles. The van der Waals surface area contributed by atoms with E-state index in [4.69, 9.17) is 10.00 Å². The fourth-order valence-electron chi connectivity index (χ4n) is 2.29. The number of rotatable bonds is 2. The van der Waals surface area contributed by atoms with Crippen molar-refractivity contribution in [1.29, 1.82) is 5.26 Å². The summed E-state index contributed by atoms with van der Waals surface area (Å²) in [4.78, 5) is 14.1. The Bertz CT molecular complexity index is 505. The van der Waals surface area contributed by atoms with Crippen molar-refractivity contribution in [2.45, 2.75) is 25.8 Å². The lowest BCUT2D eigenvalue weighted by Gasteiger charge is -2.20. The van der Waals surface area contributed by atoms with Gasteiger partial charge in [-0.25, -0.2) is 0 Å². The maximum Gasteiger partial charge on any atom is 0.258 e. The Kier molecular flexibility index (Phi) is 3.52. The van der Waals surface area contributed by atoms with Crippen molar-refractivity contribution in [3.8, 4) is 11.8 Å². The minimum absolute atomic E-state index is 0.111. The summed E-state index contributed by atoms with van der Waals surface area (Å²) in [6.45, 7) is 2.58. The number of hydrogen-bond acceptors (Lipinski definition) is 3. The molecule has 1 aliphatic rings. The van der Waals surface area contributed by atoms with Crippen LogP contribution in [0.5, 0.6) is 5.75 Å². The minimum Gasteiger partial charge on any atom is -0.496 e. The maximum absolute atomic E-state index is 12.4. The molecule has 0 aromatic heterocycles. The van der Waals surface area contributed by atoms with Crippen LogP contribution in [0.3, 0.4) is 0 Å². The number of aryl methyl sites for hydroxylation is 1. The number of methoxy groups -OCH3 is 1. The van der Waals surface area contributed by atoms with E-state index >= 15 is 0 Å². The first-order chi connectivity index (χ1) is 8.67. The monoisotopic (exact) mass is 244 g/mol. The summed E-state index contributed by atoms with van der Waals surface area (Å²) in [5.74, 6) is 0.453. The van der Waals surface area contributed by atoms with Crippen molar-refractivity contribution in [1.82, 2.24) is 4.90 Å². The highest BCUT2D eigenvalue weighted by Crippen LogP contribution is 2.25. The van der Waals surface area contributed by atoms with Gasteiger partial charge in [-0.2, -0.15) is 5.26 Å². The van der Waals surface area contributed by atoms with Gasteiger partial charge in [0.2, 0.25) is 0 Å². The Balaban J connectivity index is 2.34. The first kappa shape index (κ1) is 12.4. The van der Waals surface area contributed by atoms with E-state index < -0.39 is 0 Å². The number of hydrogen-bond donors (Lipinski definition) is 0. The molecule has 2 rings (SSSR count). The van der Waals surface area contributed by atoms with Crippen molar-refractivity contribution in [3.05, 3.63) is 29.3 Å². The van der Waals surface area contributed by atoms with Crippen molar-refractivity contribution < 1.29 is 9.53 Å². The molecule has 0 radical (unpaired) electrons. The Hall–Kier alpha value is -2.02. The molecular formula is C14H16N2O2. The molecule has 1 amide bonds. The second kappa shape index (κ2) is 5.09. The van der Waals surface area contributed by atoms with Gasteiger partial charge in [-0.3, -0.25) is 4.79 Å². The van der Waals surface area contributed by atoms with E-state index in [-0.39, 0.29) is 11.9 Å². The number of likely N-dealkylation sites (tertiary alicyclic amines) is 1. The van der Waals surface area contributed by atoms with E-state index in [2.05, 4.69) is 6.07 Å². The van der Waals surface area contributed by atoms with E-state index in [9.17, 15) is 4.79 Å². The molecule has 18 heavy (non-hydrogen) atoms. The summed E-state index contributed by atoms with van der Waals surface area (Å²) in [5, 5.41) is 9.04. The average Bonchev–Trinajstić information content (AvgIpc) is 2.86. The smallest absolute Gasteiger partial charge is 0.258 e. The van der Waals surface area contributed by atoms with Gasteiger partial charge in [0.25, 0.3) is 5.91 Å². The fraction of sp³-hybridized carbons (Fsp3) is 0.429. The van der Waals surface area contributed by atoms with Gasteiger partial charge in [-0.05, 0) is 31.9 Å². The number of nitrogens with zero attached hydrogens (tertiary/aromatic N) is 2. The molecule has 1 heterocycles. The largest absolute Gasteiger partial charge is 0.496 e. The van der Waals surface area contributed by atoms with Crippen LogP contribution in [-0.2, 0) is 0 Å². The highest BCUT2D eigenvalue weighted by molar-refractivity contribution is 5.97. The summed E-state index contributed by atoms with van der Waals surface area (Å²) in [7, 11) is 1.55. The summed E-state index contributed by atoms with van der Waals surface area (Å²) in [5.41, 5.74) is 1.55. The summed E-state index contributed by atoms with van der Waals surface area (Å²) in [6, 6.07) is 7.39. The van der Waals surface area contributed by atoms with Gasteiger partial charge >= 0.3 is 0 Å². The predicted molar refractivity (Wildman–Crippen MR) is 67.4 cm³/mol. The quantitative estimate of drug-likeness (QED) is 0.800. The van der Waals surface area contributed by atoms with Gasteiger partial charge in [-0.1, -0.05) is 11.6 Å². The van der Waals surface area contributed by atoms with Gasteiger partial charge < -0.3 is 9.64 Å². The van der Waals surface area contributed by atoms with E-state index in [1.165, 1.54) is 0 Å². The molecular weight excluding hydrogens is 228 g/mol. The number of amides is 1. The van der Waals surface area contributed by atoms with Gasteiger partial charge in [0, 0.05) is 6.54 Å². The Morgan fingerprint density at radius 3 is 3.00 bits per heavy atom. The van der Waals surface area contributed by atoms with Gasteiger partial charge in [0.05, 0.1) is 18.7 Å². The Labute approximate surface area is 107 Å². The molecule has 0 spiro atoms. The van der Waals surface area contributed by atoms with Crippen LogP contribution in [0.4, 0.5) is 0 Å². The predicted octanol–water partition coefficient (Wildman–Crippen LogP) is 2.13. The van der Waals surface area contributed by atoms with E-state index in [1.807, 2.05) is 19.1 Å². The zero-order valence-corrected chi connectivity index (χ0v) is 10.6. The first-order valence-corrected chi connectivity index (χ1v) is 6.02. The standard InChI is InChI=1S/C14H16N2O2/c1-10-5-6-13(18-2)12(8-10)14(17)16-7-3-4-11(16)9-15/h5-6,8,11H,3-4,7H2,1-2H3. The fourth-order valence-corrected chi connectivity index (χ4v) is 2.29. The van der Waals surface area contributed by atoms with Crippen molar-refractivity contribution >= 4 is 5.91 Å². The highest BCUT2D eigenvalue weighted by atomic mass is 16.5. The number of carbonyl (C=O) groups excluding carboxylic acids is 1. The third kappa shape index (κ3) is 2.17. The molecule has 0 bridgehead atoms. The highest BCUT2D eigenvalue weighted by Gasteiger charge is 2.30. The molecule has 1 atom stereocenters. The number of carbonyl (C=O) groups is 1. The van der Waals surface area contributed by atoms with Crippen LogP contribution < -0.4 is 4.74 Å². The zero-order chi connectivity index (χ0) is 13.1. The maximum atomic E-state index is 12.4. The summed E-state index contributed by atoms with van der Waals surface area (Å²) < 4.78 is 5.22. The second-order valence-electron chi connectivity index (χ2n) is 4.49. The Morgan fingerprint density at radius 1 is 1.56 bits per heavy atom. The molecule has 1 aliphatic heterocycles. The number of nitriles is 1. The minimum atomic E-state index is -0.303. The van der Waals surface area contributed by atoms with Crippen molar-refractivity contribution in [2.24, 2.45) is 0 Å². The molecule has 94 valence electrons. The second-order valence-corrected chi connectivity index (χ2v) is 4.49. The van der Waals surface area contributed by atoms with Crippen LogP contribution in [0.25, 0.3) is 0 Å². The van der Waals surface area contributed by atoms with Crippen LogP contribution in [0.1, 0.15) is 28.8 Å². The zero-order valence-electron chi connectivity index (χ0n) is 10.6. The van der Waals surface area contributed by atoms with Gasteiger partial charge in [0.15, 0.2) is 0 Å². The average molecular weight is 244 g/mol. The van der Waals surface area contributed by atoms with Crippen molar-refractivity contribution in [3.63, 3.8) is 0 Å². The van der Waals surface area contributed by atoms with E-state index in [1.54, 1.807) is 18.1 Å². The van der Waals surface area contributed by atoms with Crippen LogP contribution in [0, 0.1) is 18.3 Å². The van der Waals surface area contributed by atoms with Crippen LogP contribution in [-0.4, -0.2) is 30.5 Å². The topological polar surface area (TPSA) is 53.3 Å².